The standard InChI is InChI=1S/C15H16O3/c1-2-8-18-14-9-11(10-15(16)17)6-7-12-4-3-5-13(12)14/h3-7,9H,2,8,10H2,1H3,(H,16,17). The van der Waals surface area contributed by atoms with E-state index in [1.807, 2.05) is 43.3 Å². The lowest BCUT2D eigenvalue weighted by Gasteiger charge is -2.06. The zero-order valence-electron chi connectivity index (χ0n) is 10.3. The van der Waals surface area contributed by atoms with Gasteiger partial charge in [0.25, 0.3) is 0 Å². The third kappa shape index (κ3) is 2.80. The van der Waals surface area contributed by atoms with Crippen molar-refractivity contribution < 1.29 is 14.6 Å². The van der Waals surface area contributed by atoms with Crippen LogP contribution in [0, 0.1) is 0 Å². The van der Waals surface area contributed by atoms with E-state index in [0.29, 0.717) is 6.61 Å². The molecular formula is C15H16O3. The zero-order valence-corrected chi connectivity index (χ0v) is 10.3. The van der Waals surface area contributed by atoms with Crippen LogP contribution in [0.25, 0.3) is 11.1 Å². The van der Waals surface area contributed by atoms with Gasteiger partial charge in [0.15, 0.2) is 0 Å². The molecule has 2 rings (SSSR count). The molecule has 0 saturated carbocycles. The summed E-state index contributed by atoms with van der Waals surface area (Å²) in [5.74, 6) is -0.0691. The summed E-state index contributed by atoms with van der Waals surface area (Å²) in [6.45, 7) is 2.68. The number of fused-ring (bicyclic) bond motifs is 1. The molecule has 0 saturated heterocycles. The van der Waals surface area contributed by atoms with E-state index in [0.717, 1.165) is 28.9 Å². The van der Waals surface area contributed by atoms with Gasteiger partial charge < -0.3 is 9.84 Å². The number of carboxylic acids is 1. The first-order valence-corrected chi connectivity index (χ1v) is 6.07. The van der Waals surface area contributed by atoms with Gasteiger partial charge in [-0.05, 0) is 23.6 Å². The lowest BCUT2D eigenvalue weighted by molar-refractivity contribution is -0.136. The first-order valence-electron chi connectivity index (χ1n) is 6.07. The van der Waals surface area contributed by atoms with E-state index in [1.54, 1.807) is 0 Å². The normalized spacial score (nSPS) is 10.5. The highest BCUT2D eigenvalue weighted by Gasteiger charge is 2.10. The van der Waals surface area contributed by atoms with Gasteiger partial charge in [0.2, 0.25) is 0 Å². The van der Waals surface area contributed by atoms with E-state index in [2.05, 4.69) is 0 Å². The SMILES string of the molecule is CCCOc1cc(CC(=O)O)ccc2cccc1-2. The maximum Gasteiger partial charge on any atom is 0.307 e. The Morgan fingerprint density at radius 1 is 1.28 bits per heavy atom. The smallest absolute Gasteiger partial charge is 0.307 e. The molecule has 0 aromatic carbocycles. The molecule has 0 radical (unpaired) electrons. The van der Waals surface area contributed by atoms with Crippen molar-refractivity contribution >= 4 is 5.97 Å². The Balaban J connectivity index is 2.42. The molecule has 94 valence electrons. The predicted octanol–water partition coefficient (Wildman–Crippen LogP) is 3.21. The van der Waals surface area contributed by atoms with Crippen molar-refractivity contribution in [1.29, 1.82) is 0 Å². The minimum absolute atomic E-state index is 0.0137. The van der Waals surface area contributed by atoms with Crippen LogP contribution in [0.15, 0.2) is 36.4 Å². The van der Waals surface area contributed by atoms with Crippen molar-refractivity contribution in [2.75, 3.05) is 6.61 Å². The van der Waals surface area contributed by atoms with E-state index >= 15 is 0 Å². The summed E-state index contributed by atoms with van der Waals surface area (Å²) < 4.78 is 5.72. The average Bonchev–Trinajstić information content (AvgIpc) is 2.73. The number of carbonyl (C=O) groups is 1. The Hall–Kier alpha value is -2.03. The van der Waals surface area contributed by atoms with Crippen molar-refractivity contribution in [2.45, 2.75) is 19.8 Å². The number of carboxylic acid groups (broad SMARTS) is 1. The van der Waals surface area contributed by atoms with Crippen LogP contribution in [0.5, 0.6) is 5.75 Å². The van der Waals surface area contributed by atoms with Crippen LogP contribution >= 0.6 is 0 Å². The molecule has 0 spiro atoms. The van der Waals surface area contributed by atoms with Crippen LogP contribution in [-0.4, -0.2) is 17.7 Å². The van der Waals surface area contributed by atoms with E-state index in [9.17, 15) is 4.79 Å². The van der Waals surface area contributed by atoms with Crippen LogP contribution in [0.4, 0.5) is 0 Å². The molecule has 18 heavy (non-hydrogen) atoms. The van der Waals surface area contributed by atoms with Gasteiger partial charge in [0, 0.05) is 5.56 Å². The molecular weight excluding hydrogens is 228 g/mol. The van der Waals surface area contributed by atoms with Crippen molar-refractivity contribution in [2.24, 2.45) is 0 Å². The molecule has 0 amide bonds. The van der Waals surface area contributed by atoms with Crippen LogP contribution in [0.2, 0.25) is 0 Å². The third-order valence-electron chi connectivity index (χ3n) is 2.73. The summed E-state index contributed by atoms with van der Waals surface area (Å²) in [7, 11) is 0. The van der Waals surface area contributed by atoms with Crippen molar-refractivity contribution in [1.82, 2.24) is 0 Å². The Morgan fingerprint density at radius 3 is 2.83 bits per heavy atom. The molecule has 0 aliphatic heterocycles. The third-order valence-corrected chi connectivity index (χ3v) is 2.73. The maximum absolute atomic E-state index is 10.8. The molecule has 0 bridgehead atoms. The van der Waals surface area contributed by atoms with Gasteiger partial charge in [-0.25, -0.2) is 0 Å². The number of rotatable bonds is 5. The van der Waals surface area contributed by atoms with Crippen molar-refractivity contribution in [3.63, 3.8) is 0 Å². The van der Waals surface area contributed by atoms with Crippen LogP contribution in [-0.2, 0) is 11.2 Å². The number of hydrogen-bond acceptors (Lipinski definition) is 2. The lowest BCUT2D eigenvalue weighted by atomic mass is 10.2. The summed E-state index contributed by atoms with van der Waals surface area (Å²) in [6.07, 6.45) is 0.939. The Labute approximate surface area is 106 Å². The average molecular weight is 244 g/mol. The van der Waals surface area contributed by atoms with E-state index < -0.39 is 5.97 Å². The van der Waals surface area contributed by atoms with E-state index in [4.69, 9.17) is 9.84 Å². The molecule has 0 fully saturated rings. The monoisotopic (exact) mass is 244 g/mol. The van der Waals surface area contributed by atoms with Crippen molar-refractivity contribution in [3.8, 4) is 16.9 Å². The van der Waals surface area contributed by atoms with E-state index in [-0.39, 0.29) is 6.42 Å². The minimum Gasteiger partial charge on any atom is -0.493 e. The van der Waals surface area contributed by atoms with Gasteiger partial charge in [-0.15, -0.1) is 0 Å². The lowest BCUT2D eigenvalue weighted by Crippen LogP contribution is -2.00. The molecule has 0 unspecified atom stereocenters. The van der Waals surface area contributed by atoms with Gasteiger partial charge in [0.1, 0.15) is 5.75 Å². The van der Waals surface area contributed by atoms with Gasteiger partial charge in [-0.2, -0.15) is 0 Å². The number of aliphatic carboxylic acids is 1. The van der Waals surface area contributed by atoms with Gasteiger partial charge in [0.05, 0.1) is 13.0 Å². The summed E-state index contributed by atoms with van der Waals surface area (Å²) in [4.78, 5) is 10.8. The fraction of sp³-hybridized carbons (Fsp3) is 0.267. The second kappa shape index (κ2) is 5.54. The van der Waals surface area contributed by atoms with Gasteiger partial charge >= 0.3 is 5.97 Å². The molecule has 0 aromatic heterocycles. The quantitative estimate of drug-likeness (QED) is 0.878. The number of ether oxygens (including phenoxy) is 1. The Morgan fingerprint density at radius 2 is 2.11 bits per heavy atom. The second-order valence-corrected chi connectivity index (χ2v) is 4.23. The van der Waals surface area contributed by atoms with Gasteiger partial charge in [-0.1, -0.05) is 37.3 Å². The van der Waals surface area contributed by atoms with E-state index in [1.165, 1.54) is 0 Å². The molecule has 1 N–H and O–H groups in total. The Kier molecular flexibility index (Phi) is 3.82. The maximum atomic E-state index is 10.8. The summed E-state index contributed by atoms with van der Waals surface area (Å²) in [6, 6.07) is 11.6. The zero-order chi connectivity index (χ0) is 13.0. The second-order valence-electron chi connectivity index (χ2n) is 4.23. The highest BCUT2D eigenvalue weighted by molar-refractivity contribution is 5.75. The van der Waals surface area contributed by atoms with Crippen LogP contribution in [0.1, 0.15) is 18.9 Å². The first kappa shape index (κ1) is 12.4. The first-order chi connectivity index (χ1) is 8.70. The largest absolute Gasteiger partial charge is 0.493 e. The topological polar surface area (TPSA) is 46.5 Å². The summed E-state index contributed by atoms with van der Waals surface area (Å²) in [5.41, 5.74) is 2.85. The van der Waals surface area contributed by atoms with Crippen LogP contribution < -0.4 is 4.74 Å². The molecule has 0 aromatic rings. The Bertz CT molecular complexity index is 519. The molecule has 2 aliphatic carbocycles. The highest BCUT2D eigenvalue weighted by atomic mass is 16.5. The van der Waals surface area contributed by atoms with Crippen LogP contribution in [0.3, 0.4) is 0 Å². The predicted molar refractivity (Wildman–Crippen MR) is 70.2 cm³/mol. The molecule has 3 heteroatoms. The molecule has 0 heterocycles. The number of hydrogen-bond donors (Lipinski definition) is 1. The molecule has 3 nitrogen and oxygen atoms in total. The highest BCUT2D eigenvalue weighted by Crippen LogP contribution is 2.32. The summed E-state index contributed by atoms with van der Waals surface area (Å²) >= 11 is 0. The molecule has 0 atom stereocenters. The minimum atomic E-state index is -0.831. The fourth-order valence-electron chi connectivity index (χ4n) is 1.91. The molecule has 2 aliphatic rings. The van der Waals surface area contributed by atoms with Gasteiger partial charge in [-0.3, -0.25) is 4.79 Å². The summed E-state index contributed by atoms with van der Waals surface area (Å²) in [5, 5.41) is 8.86. The fourth-order valence-corrected chi connectivity index (χ4v) is 1.91. The van der Waals surface area contributed by atoms with Crippen molar-refractivity contribution in [3.05, 3.63) is 42.0 Å².